The Morgan fingerprint density at radius 2 is 2.00 bits per heavy atom. The first-order chi connectivity index (χ1) is 11.7. The van der Waals surface area contributed by atoms with Gasteiger partial charge >= 0.3 is 0 Å². The summed E-state index contributed by atoms with van der Waals surface area (Å²) >= 11 is 0. The van der Waals surface area contributed by atoms with E-state index < -0.39 is 0 Å². The molecule has 0 atom stereocenters. The summed E-state index contributed by atoms with van der Waals surface area (Å²) in [5.41, 5.74) is 4.95. The predicted molar refractivity (Wildman–Crippen MR) is 92.6 cm³/mol. The van der Waals surface area contributed by atoms with Crippen molar-refractivity contribution < 1.29 is 4.52 Å². The predicted octanol–water partition coefficient (Wildman–Crippen LogP) is 3.84. The van der Waals surface area contributed by atoms with Gasteiger partial charge in [0, 0.05) is 41.6 Å². The van der Waals surface area contributed by atoms with Crippen molar-refractivity contribution in [1.82, 2.24) is 20.1 Å². The van der Waals surface area contributed by atoms with Crippen LogP contribution in [0, 0.1) is 13.8 Å². The van der Waals surface area contributed by atoms with E-state index in [0.717, 1.165) is 45.0 Å². The number of pyridine rings is 2. The number of H-pyrrole nitrogens is 1. The Balaban J connectivity index is 1.75. The lowest BCUT2D eigenvalue weighted by Crippen LogP contribution is -2.02. The van der Waals surface area contributed by atoms with Gasteiger partial charge in [0.2, 0.25) is 0 Å². The Hall–Kier alpha value is -3.15. The molecule has 120 valence electrons. The minimum absolute atomic E-state index is 0.683. The van der Waals surface area contributed by atoms with Gasteiger partial charge in [-0.3, -0.25) is 4.98 Å². The molecule has 4 aromatic heterocycles. The van der Waals surface area contributed by atoms with Gasteiger partial charge in [0.1, 0.15) is 17.2 Å². The highest BCUT2D eigenvalue weighted by Gasteiger charge is 2.16. The molecule has 0 saturated heterocycles. The maximum absolute atomic E-state index is 5.34. The van der Waals surface area contributed by atoms with E-state index in [-0.39, 0.29) is 0 Å². The molecule has 0 aliphatic rings. The average Bonchev–Trinajstić information content (AvgIpc) is 3.20. The highest BCUT2D eigenvalue weighted by molar-refractivity contribution is 5.95. The number of hydrogen-bond donors (Lipinski definition) is 2. The van der Waals surface area contributed by atoms with Gasteiger partial charge in [0.05, 0.1) is 5.69 Å². The maximum atomic E-state index is 5.34. The van der Waals surface area contributed by atoms with Crippen LogP contribution in [-0.2, 0) is 6.54 Å². The van der Waals surface area contributed by atoms with Gasteiger partial charge < -0.3 is 14.8 Å². The van der Waals surface area contributed by atoms with E-state index in [1.54, 1.807) is 12.4 Å². The molecule has 2 N–H and O–H groups in total. The van der Waals surface area contributed by atoms with Crippen LogP contribution in [0.15, 0.2) is 47.4 Å². The summed E-state index contributed by atoms with van der Waals surface area (Å²) in [7, 11) is 0. The van der Waals surface area contributed by atoms with E-state index in [1.165, 1.54) is 0 Å². The molecule has 0 radical (unpaired) electrons. The lowest BCUT2D eigenvalue weighted by molar-refractivity contribution is 0.393. The molecule has 0 unspecified atom stereocenters. The van der Waals surface area contributed by atoms with Crippen LogP contribution in [0.4, 0.5) is 5.82 Å². The maximum Gasteiger partial charge on any atom is 0.141 e. The van der Waals surface area contributed by atoms with Crippen LogP contribution in [0.5, 0.6) is 0 Å². The van der Waals surface area contributed by atoms with Crippen molar-refractivity contribution >= 4 is 16.9 Å². The Kier molecular flexibility index (Phi) is 3.49. The number of hydrogen-bond acceptors (Lipinski definition) is 5. The molecule has 6 heteroatoms. The number of aromatic amines is 1. The van der Waals surface area contributed by atoms with E-state index in [0.29, 0.717) is 6.54 Å². The molecule has 0 spiro atoms. The summed E-state index contributed by atoms with van der Waals surface area (Å²) < 4.78 is 5.34. The van der Waals surface area contributed by atoms with Crippen LogP contribution >= 0.6 is 0 Å². The molecule has 0 fully saturated rings. The zero-order valence-electron chi connectivity index (χ0n) is 13.5. The minimum atomic E-state index is 0.683. The van der Waals surface area contributed by atoms with E-state index in [1.807, 2.05) is 44.3 Å². The second-order valence-corrected chi connectivity index (χ2v) is 5.70. The molecule has 0 aliphatic heterocycles. The molecule has 0 aromatic carbocycles. The Labute approximate surface area is 138 Å². The average molecular weight is 319 g/mol. The first kappa shape index (κ1) is 14.4. The fourth-order valence-electron chi connectivity index (χ4n) is 2.90. The van der Waals surface area contributed by atoms with Crippen molar-refractivity contribution in [2.75, 3.05) is 5.32 Å². The Morgan fingerprint density at radius 1 is 1.17 bits per heavy atom. The SMILES string of the molecule is Cc1noc(C)c1-c1cc(NCc2ccncc2)nc2[nH]ccc12. The highest BCUT2D eigenvalue weighted by Crippen LogP contribution is 2.34. The molecule has 0 saturated carbocycles. The number of aromatic nitrogens is 4. The molecular weight excluding hydrogens is 302 g/mol. The number of aryl methyl sites for hydroxylation is 2. The largest absolute Gasteiger partial charge is 0.366 e. The summed E-state index contributed by atoms with van der Waals surface area (Å²) in [6, 6.07) is 8.03. The third kappa shape index (κ3) is 2.52. The van der Waals surface area contributed by atoms with Crippen LogP contribution in [0.3, 0.4) is 0 Å². The van der Waals surface area contributed by atoms with Crippen LogP contribution < -0.4 is 5.32 Å². The fourth-order valence-corrected chi connectivity index (χ4v) is 2.90. The van der Waals surface area contributed by atoms with Gasteiger partial charge in [-0.15, -0.1) is 0 Å². The number of fused-ring (bicyclic) bond motifs is 1. The monoisotopic (exact) mass is 319 g/mol. The topological polar surface area (TPSA) is 79.6 Å². The fraction of sp³-hybridized carbons (Fsp3) is 0.167. The van der Waals surface area contributed by atoms with Crippen molar-refractivity contribution in [2.24, 2.45) is 0 Å². The second kappa shape index (κ2) is 5.81. The summed E-state index contributed by atoms with van der Waals surface area (Å²) in [5, 5.41) is 8.50. The molecule has 4 heterocycles. The first-order valence-corrected chi connectivity index (χ1v) is 7.76. The van der Waals surface area contributed by atoms with Gasteiger partial charge in [-0.05, 0) is 43.7 Å². The third-order valence-corrected chi connectivity index (χ3v) is 4.05. The highest BCUT2D eigenvalue weighted by atomic mass is 16.5. The van der Waals surface area contributed by atoms with Crippen molar-refractivity contribution in [2.45, 2.75) is 20.4 Å². The van der Waals surface area contributed by atoms with Crippen molar-refractivity contribution in [3.8, 4) is 11.1 Å². The zero-order valence-corrected chi connectivity index (χ0v) is 13.5. The zero-order chi connectivity index (χ0) is 16.5. The molecule has 0 amide bonds. The van der Waals surface area contributed by atoms with Gasteiger partial charge in [-0.1, -0.05) is 5.16 Å². The molecule has 4 rings (SSSR count). The van der Waals surface area contributed by atoms with Gasteiger partial charge in [-0.25, -0.2) is 4.98 Å². The summed E-state index contributed by atoms with van der Waals surface area (Å²) in [4.78, 5) is 11.9. The molecular formula is C18H17N5O. The Bertz CT molecular complexity index is 968. The quantitative estimate of drug-likeness (QED) is 0.597. The van der Waals surface area contributed by atoms with Crippen molar-refractivity contribution in [3.63, 3.8) is 0 Å². The summed E-state index contributed by atoms with van der Waals surface area (Å²) in [5.74, 6) is 1.61. The number of rotatable bonds is 4. The van der Waals surface area contributed by atoms with Gasteiger partial charge in [-0.2, -0.15) is 0 Å². The summed E-state index contributed by atoms with van der Waals surface area (Å²) in [6.07, 6.45) is 5.47. The van der Waals surface area contributed by atoms with Crippen molar-refractivity contribution in [1.29, 1.82) is 0 Å². The van der Waals surface area contributed by atoms with Crippen LogP contribution in [0.2, 0.25) is 0 Å². The van der Waals surface area contributed by atoms with Gasteiger partial charge in [0.15, 0.2) is 0 Å². The molecule has 24 heavy (non-hydrogen) atoms. The molecule has 0 bridgehead atoms. The van der Waals surface area contributed by atoms with Gasteiger partial charge in [0.25, 0.3) is 0 Å². The van der Waals surface area contributed by atoms with Crippen LogP contribution in [0.25, 0.3) is 22.2 Å². The third-order valence-electron chi connectivity index (χ3n) is 4.05. The van der Waals surface area contributed by atoms with E-state index in [2.05, 4.69) is 25.4 Å². The lowest BCUT2D eigenvalue weighted by atomic mass is 10.0. The number of nitrogens with one attached hydrogen (secondary N) is 2. The molecule has 4 aromatic rings. The van der Waals surface area contributed by atoms with E-state index >= 15 is 0 Å². The Morgan fingerprint density at radius 3 is 2.75 bits per heavy atom. The van der Waals surface area contributed by atoms with E-state index in [9.17, 15) is 0 Å². The first-order valence-electron chi connectivity index (χ1n) is 7.76. The lowest BCUT2D eigenvalue weighted by Gasteiger charge is -2.09. The standard InChI is InChI=1S/C18H17N5O/c1-11-17(12(2)24-23-11)15-9-16(22-18-14(15)5-8-20-18)21-10-13-3-6-19-7-4-13/h3-9H,10H2,1-2H3,(H2,20,21,22). The number of nitrogens with zero attached hydrogens (tertiary/aromatic N) is 3. The summed E-state index contributed by atoms with van der Waals surface area (Å²) in [6.45, 7) is 4.57. The van der Waals surface area contributed by atoms with E-state index in [4.69, 9.17) is 4.52 Å². The van der Waals surface area contributed by atoms with Crippen LogP contribution in [0.1, 0.15) is 17.0 Å². The molecule has 0 aliphatic carbocycles. The smallest absolute Gasteiger partial charge is 0.141 e. The van der Waals surface area contributed by atoms with Crippen molar-refractivity contribution in [3.05, 3.63) is 59.9 Å². The number of anilines is 1. The minimum Gasteiger partial charge on any atom is -0.366 e. The molecule has 6 nitrogen and oxygen atoms in total. The normalized spacial score (nSPS) is 11.1. The second-order valence-electron chi connectivity index (χ2n) is 5.70. The van der Waals surface area contributed by atoms with Crippen LogP contribution in [-0.4, -0.2) is 20.1 Å².